The molecule has 1 unspecified atom stereocenters. The van der Waals surface area contributed by atoms with Crippen LogP contribution in [0.3, 0.4) is 0 Å². The molecule has 1 atom stereocenters. The van der Waals surface area contributed by atoms with E-state index in [1.165, 1.54) is 100 Å². The van der Waals surface area contributed by atoms with Crippen molar-refractivity contribution in [1.82, 2.24) is 0 Å². The molecule has 65 heavy (non-hydrogen) atoms. The van der Waals surface area contributed by atoms with Crippen LogP contribution in [-0.2, 0) is 10.8 Å². The summed E-state index contributed by atoms with van der Waals surface area (Å²) in [5, 5.41) is 0. The average Bonchev–Trinajstić information content (AvgIpc) is 3.94. The van der Waals surface area contributed by atoms with E-state index in [1.807, 2.05) is 0 Å². The van der Waals surface area contributed by atoms with Crippen LogP contribution in [0.4, 0.5) is 17.1 Å². The Hall–Kier alpha value is -8.00. The zero-order valence-electron chi connectivity index (χ0n) is 36.5. The van der Waals surface area contributed by atoms with Crippen molar-refractivity contribution in [2.75, 3.05) is 4.90 Å². The molecular formula is C64H45N. The molecule has 3 aliphatic carbocycles. The molecule has 3 aliphatic rings. The van der Waals surface area contributed by atoms with E-state index in [2.05, 4.69) is 255 Å². The first-order valence-corrected chi connectivity index (χ1v) is 22.8. The molecule has 0 heterocycles. The first-order chi connectivity index (χ1) is 32.0. The van der Waals surface area contributed by atoms with Crippen LogP contribution >= 0.6 is 0 Å². The lowest BCUT2D eigenvalue weighted by Gasteiger charge is -2.33. The third-order valence-corrected chi connectivity index (χ3v) is 14.7. The molecule has 10 aromatic carbocycles. The number of rotatable bonds is 6. The summed E-state index contributed by atoms with van der Waals surface area (Å²) in [6, 6.07) is 88.3. The summed E-state index contributed by atoms with van der Waals surface area (Å²) in [7, 11) is 0. The van der Waals surface area contributed by atoms with Crippen LogP contribution in [-0.4, -0.2) is 0 Å². The maximum atomic E-state index is 2.58. The lowest BCUT2D eigenvalue weighted by molar-refractivity contribution is 0.660. The van der Waals surface area contributed by atoms with Gasteiger partial charge in [0.25, 0.3) is 0 Å². The van der Waals surface area contributed by atoms with Crippen LogP contribution in [0.5, 0.6) is 0 Å². The predicted octanol–water partition coefficient (Wildman–Crippen LogP) is 16.8. The van der Waals surface area contributed by atoms with E-state index in [1.54, 1.807) is 0 Å². The van der Waals surface area contributed by atoms with Crippen LogP contribution in [0, 0.1) is 0 Å². The number of fused-ring (bicyclic) bond motifs is 13. The molecule has 1 heteroatoms. The molecule has 306 valence electrons. The van der Waals surface area contributed by atoms with E-state index in [4.69, 9.17) is 0 Å². The van der Waals surface area contributed by atoms with Crippen molar-refractivity contribution in [3.8, 4) is 66.8 Å². The minimum atomic E-state index is -0.522. The maximum Gasteiger partial charge on any atom is 0.0726 e. The number of benzene rings is 10. The Morgan fingerprint density at radius 1 is 0.277 bits per heavy atom. The van der Waals surface area contributed by atoms with Gasteiger partial charge >= 0.3 is 0 Å². The molecule has 0 bridgehead atoms. The molecule has 0 fully saturated rings. The molecule has 1 spiro atoms. The molecule has 0 radical (unpaired) electrons. The highest BCUT2D eigenvalue weighted by atomic mass is 15.1. The lowest BCUT2D eigenvalue weighted by Crippen LogP contribution is -2.26. The second-order valence-electron chi connectivity index (χ2n) is 18.3. The van der Waals surface area contributed by atoms with Gasteiger partial charge in [0, 0.05) is 22.2 Å². The summed E-state index contributed by atoms with van der Waals surface area (Å²) < 4.78 is 0. The highest BCUT2D eigenvalue weighted by Crippen LogP contribution is 2.66. The van der Waals surface area contributed by atoms with Crippen molar-refractivity contribution >= 4 is 17.1 Å². The van der Waals surface area contributed by atoms with Crippen LogP contribution in [0.25, 0.3) is 66.8 Å². The summed E-state index contributed by atoms with van der Waals surface area (Å²) in [5.41, 5.74) is 25.8. The summed E-state index contributed by atoms with van der Waals surface area (Å²) in [5.74, 6) is 0. The fourth-order valence-corrected chi connectivity index (χ4v) is 11.9. The Kier molecular flexibility index (Phi) is 8.24. The van der Waals surface area contributed by atoms with Crippen LogP contribution < -0.4 is 4.90 Å². The third-order valence-electron chi connectivity index (χ3n) is 14.7. The van der Waals surface area contributed by atoms with Gasteiger partial charge in [-0.25, -0.2) is 0 Å². The zero-order valence-corrected chi connectivity index (χ0v) is 36.5. The van der Waals surface area contributed by atoms with Crippen molar-refractivity contribution < 1.29 is 0 Å². The van der Waals surface area contributed by atoms with Gasteiger partial charge in [-0.15, -0.1) is 0 Å². The number of hydrogen-bond acceptors (Lipinski definition) is 1. The fourth-order valence-electron chi connectivity index (χ4n) is 11.9. The third kappa shape index (κ3) is 5.33. The first-order valence-electron chi connectivity index (χ1n) is 22.8. The molecular weight excluding hydrogens is 783 g/mol. The molecule has 0 amide bonds. The van der Waals surface area contributed by atoms with E-state index in [0.29, 0.717) is 0 Å². The molecule has 0 aromatic heterocycles. The van der Waals surface area contributed by atoms with Crippen LogP contribution in [0.15, 0.2) is 237 Å². The van der Waals surface area contributed by atoms with Crippen LogP contribution in [0.2, 0.25) is 0 Å². The second-order valence-corrected chi connectivity index (χ2v) is 18.3. The van der Waals surface area contributed by atoms with Crippen molar-refractivity contribution in [2.45, 2.75) is 24.7 Å². The Bertz CT molecular complexity index is 3510. The second kappa shape index (κ2) is 14.3. The highest BCUT2D eigenvalue weighted by Gasteiger charge is 2.53. The van der Waals surface area contributed by atoms with E-state index in [-0.39, 0.29) is 5.41 Å². The van der Waals surface area contributed by atoms with Gasteiger partial charge in [0.05, 0.1) is 16.8 Å². The topological polar surface area (TPSA) is 3.24 Å². The monoisotopic (exact) mass is 827 g/mol. The van der Waals surface area contributed by atoms with Crippen molar-refractivity contribution in [3.63, 3.8) is 0 Å². The van der Waals surface area contributed by atoms with E-state index >= 15 is 0 Å². The molecule has 0 saturated carbocycles. The van der Waals surface area contributed by atoms with E-state index < -0.39 is 5.41 Å². The smallest absolute Gasteiger partial charge is 0.0726 e. The van der Waals surface area contributed by atoms with Crippen molar-refractivity contribution in [3.05, 3.63) is 270 Å². The summed E-state index contributed by atoms with van der Waals surface area (Å²) in [6.45, 7) is 4.77. The molecule has 13 rings (SSSR count). The molecule has 0 aliphatic heterocycles. The van der Waals surface area contributed by atoms with Gasteiger partial charge in [-0.1, -0.05) is 220 Å². The predicted molar refractivity (Wildman–Crippen MR) is 271 cm³/mol. The first kappa shape index (κ1) is 37.5. The number of nitrogens with zero attached hydrogens (tertiary/aromatic N) is 1. The van der Waals surface area contributed by atoms with Gasteiger partial charge < -0.3 is 4.90 Å². The van der Waals surface area contributed by atoms with Crippen LogP contribution in [0.1, 0.15) is 47.2 Å². The minimum Gasteiger partial charge on any atom is -0.309 e. The SMILES string of the molecule is CC1(C)c2ccccc2-c2ccc(N(c3ccc(-c4ccccc4)cc3-c3ccccc3)c3cccc4c3-c3ccccc3C43c4ccccc4-c4c(-c5ccccc5)cccc43)cc21. The number of anilines is 3. The molecule has 10 aromatic rings. The standard InChI is InChI=1S/C64H45N/c1-63(2)53-30-15-12-26-48(53)49-38-37-46(41-58(49)63)65(59-39-36-45(42-20-6-3-7-21-42)40-52(59)44-24-10-5-11-25-44)60-35-19-34-57-62(60)51-28-14-17-32-55(51)64(57)54-31-16-13-27-50(54)61-47(29-18-33-56(61)64)43-22-8-4-9-23-43/h3-41H,1-2H3. The fraction of sp³-hybridized carbons (Fsp3) is 0.0625. The number of hydrogen-bond donors (Lipinski definition) is 0. The Morgan fingerprint density at radius 2 is 0.769 bits per heavy atom. The van der Waals surface area contributed by atoms with Gasteiger partial charge in [0.15, 0.2) is 0 Å². The highest BCUT2D eigenvalue weighted by molar-refractivity contribution is 6.05. The van der Waals surface area contributed by atoms with Gasteiger partial charge in [-0.05, 0) is 119 Å². The lowest BCUT2D eigenvalue weighted by atomic mass is 9.70. The van der Waals surface area contributed by atoms with E-state index in [9.17, 15) is 0 Å². The van der Waals surface area contributed by atoms with E-state index in [0.717, 1.165) is 17.1 Å². The summed E-state index contributed by atoms with van der Waals surface area (Å²) in [4.78, 5) is 2.58. The van der Waals surface area contributed by atoms with Gasteiger partial charge in [0.2, 0.25) is 0 Å². The summed E-state index contributed by atoms with van der Waals surface area (Å²) >= 11 is 0. The molecule has 0 saturated heterocycles. The average molecular weight is 828 g/mol. The normalized spacial score (nSPS) is 15.4. The quantitative estimate of drug-likeness (QED) is 0.161. The van der Waals surface area contributed by atoms with Gasteiger partial charge in [-0.3, -0.25) is 0 Å². The Balaban J connectivity index is 1.12. The summed E-state index contributed by atoms with van der Waals surface area (Å²) in [6.07, 6.45) is 0. The Labute approximate surface area is 381 Å². The van der Waals surface area contributed by atoms with Crippen molar-refractivity contribution in [2.24, 2.45) is 0 Å². The van der Waals surface area contributed by atoms with Crippen molar-refractivity contribution in [1.29, 1.82) is 0 Å². The molecule has 0 N–H and O–H groups in total. The van der Waals surface area contributed by atoms with Gasteiger partial charge in [0.1, 0.15) is 0 Å². The zero-order chi connectivity index (χ0) is 43.3. The largest absolute Gasteiger partial charge is 0.309 e. The van der Waals surface area contributed by atoms with Gasteiger partial charge in [-0.2, -0.15) is 0 Å². The maximum absolute atomic E-state index is 2.58. The molecule has 1 nitrogen and oxygen atoms in total. The Morgan fingerprint density at radius 3 is 1.45 bits per heavy atom. The minimum absolute atomic E-state index is 0.171.